The van der Waals surface area contributed by atoms with Crippen LogP contribution in [0.5, 0.6) is 11.5 Å². The smallest absolute Gasteiger partial charge is 0.266 e. The number of benzene rings is 4. The summed E-state index contributed by atoms with van der Waals surface area (Å²) < 4.78 is 12.2. The number of rotatable bonds is 7. The summed E-state index contributed by atoms with van der Waals surface area (Å²) in [5, 5.41) is 15.0. The van der Waals surface area contributed by atoms with E-state index in [2.05, 4.69) is 45.5 Å². The Morgan fingerprint density at radius 3 is 2.56 bits per heavy atom. The van der Waals surface area contributed by atoms with Crippen LogP contribution in [0.3, 0.4) is 0 Å². The molecule has 36 heavy (non-hydrogen) atoms. The number of anilines is 1. The molecule has 0 saturated heterocycles. The molecule has 5 nitrogen and oxygen atoms in total. The molecule has 0 spiro atoms. The second kappa shape index (κ2) is 11.5. The van der Waals surface area contributed by atoms with Gasteiger partial charge in [-0.15, -0.1) is 0 Å². The Hall–Kier alpha value is -3.50. The lowest BCUT2D eigenvalue weighted by Gasteiger charge is -2.13. The largest absolute Gasteiger partial charge is 0.493 e. The maximum Gasteiger partial charge on any atom is 0.266 e. The Labute approximate surface area is 227 Å². The van der Waals surface area contributed by atoms with Crippen LogP contribution in [0.25, 0.3) is 16.8 Å². The lowest BCUT2D eigenvalue weighted by Crippen LogP contribution is -2.13. The van der Waals surface area contributed by atoms with E-state index in [0.29, 0.717) is 38.9 Å². The molecule has 0 heterocycles. The highest BCUT2D eigenvalue weighted by atomic mass is 79.9. The number of hydrogen-bond donors (Lipinski definition) is 1. The fraction of sp³-hybridized carbons (Fsp3) is 0.0714. The van der Waals surface area contributed by atoms with Gasteiger partial charge in [0.15, 0.2) is 11.5 Å². The number of hydrogen-bond acceptors (Lipinski definition) is 4. The highest BCUT2D eigenvalue weighted by Gasteiger charge is 2.15. The van der Waals surface area contributed by atoms with Gasteiger partial charge >= 0.3 is 0 Å². The van der Waals surface area contributed by atoms with Crippen LogP contribution < -0.4 is 14.8 Å². The summed E-state index contributed by atoms with van der Waals surface area (Å²) in [6, 6.07) is 24.5. The SMILES string of the molecule is COc1cc(/C=C(/C#N)C(=O)Nc2cccc(Cl)c2Cl)c(Br)cc1OCc1ccc2ccccc2c1. The van der Waals surface area contributed by atoms with Crippen LogP contribution in [0.1, 0.15) is 11.1 Å². The topological polar surface area (TPSA) is 71.3 Å². The van der Waals surface area contributed by atoms with Gasteiger partial charge in [0.1, 0.15) is 18.2 Å². The molecule has 1 amide bonds. The second-order valence-corrected chi connectivity index (χ2v) is 9.36. The van der Waals surface area contributed by atoms with Crippen molar-refractivity contribution in [2.24, 2.45) is 0 Å². The second-order valence-electron chi connectivity index (χ2n) is 7.72. The zero-order valence-electron chi connectivity index (χ0n) is 19.0. The van der Waals surface area contributed by atoms with Gasteiger partial charge in [-0.3, -0.25) is 4.79 Å². The van der Waals surface area contributed by atoms with Crippen molar-refractivity contribution in [3.05, 3.63) is 104 Å². The summed E-state index contributed by atoms with van der Waals surface area (Å²) in [5.74, 6) is 0.355. The number of carbonyl (C=O) groups excluding carboxylic acids is 1. The first kappa shape index (κ1) is 25.6. The molecular formula is C28H19BrCl2N2O3. The molecule has 8 heteroatoms. The molecule has 0 saturated carbocycles. The van der Waals surface area contributed by atoms with Crippen LogP contribution in [0.4, 0.5) is 5.69 Å². The fourth-order valence-corrected chi connectivity index (χ4v) is 4.30. The van der Waals surface area contributed by atoms with Crippen molar-refractivity contribution in [3.8, 4) is 17.6 Å². The van der Waals surface area contributed by atoms with Crippen molar-refractivity contribution in [3.63, 3.8) is 0 Å². The monoisotopic (exact) mass is 580 g/mol. The molecular weight excluding hydrogens is 563 g/mol. The number of amides is 1. The zero-order valence-corrected chi connectivity index (χ0v) is 22.1. The molecule has 4 aromatic rings. The van der Waals surface area contributed by atoms with Crippen LogP contribution in [0.2, 0.25) is 10.0 Å². The van der Waals surface area contributed by atoms with Gasteiger partial charge in [-0.25, -0.2) is 0 Å². The predicted molar refractivity (Wildman–Crippen MR) is 148 cm³/mol. The van der Waals surface area contributed by atoms with E-state index in [0.717, 1.165) is 16.3 Å². The van der Waals surface area contributed by atoms with E-state index in [1.54, 1.807) is 30.3 Å². The minimum Gasteiger partial charge on any atom is -0.493 e. The minimum absolute atomic E-state index is 0.126. The van der Waals surface area contributed by atoms with Gasteiger partial charge < -0.3 is 14.8 Å². The van der Waals surface area contributed by atoms with Crippen molar-refractivity contribution in [1.29, 1.82) is 5.26 Å². The van der Waals surface area contributed by atoms with E-state index in [-0.39, 0.29) is 10.6 Å². The van der Waals surface area contributed by atoms with Crippen LogP contribution in [0, 0.1) is 11.3 Å². The average Bonchev–Trinajstić information content (AvgIpc) is 2.89. The Morgan fingerprint density at radius 2 is 1.81 bits per heavy atom. The normalized spacial score (nSPS) is 11.1. The van der Waals surface area contributed by atoms with E-state index in [9.17, 15) is 10.1 Å². The lowest BCUT2D eigenvalue weighted by atomic mass is 10.1. The molecule has 0 atom stereocenters. The van der Waals surface area contributed by atoms with Gasteiger partial charge in [0.25, 0.3) is 5.91 Å². The number of fused-ring (bicyclic) bond motifs is 1. The van der Waals surface area contributed by atoms with Crippen LogP contribution in [-0.2, 0) is 11.4 Å². The Bertz CT molecular complexity index is 1530. The van der Waals surface area contributed by atoms with Gasteiger partial charge in [0.05, 0.1) is 22.8 Å². The summed E-state index contributed by atoms with van der Waals surface area (Å²) in [6.45, 7) is 0.342. The van der Waals surface area contributed by atoms with Crippen molar-refractivity contribution in [2.75, 3.05) is 12.4 Å². The molecule has 0 radical (unpaired) electrons. The van der Waals surface area contributed by atoms with E-state index < -0.39 is 5.91 Å². The Morgan fingerprint density at radius 1 is 1.03 bits per heavy atom. The average molecular weight is 582 g/mol. The summed E-state index contributed by atoms with van der Waals surface area (Å²) in [7, 11) is 1.53. The first-order chi connectivity index (χ1) is 17.4. The van der Waals surface area contributed by atoms with Gasteiger partial charge in [-0.2, -0.15) is 5.26 Å². The first-order valence-electron chi connectivity index (χ1n) is 10.7. The van der Waals surface area contributed by atoms with Crippen LogP contribution >= 0.6 is 39.1 Å². The lowest BCUT2D eigenvalue weighted by molar-refractivity contribution is -0.112. The molecule has 0 aliphatic rings. The standard InChI is InChI=1S/C28H19BrCl2N2O3/c1-35-25-13-20(12-21(15-32)28(34)33-24-8-4-7-23(30)27(24)31)22(29)14-26(25)36-16-17-9-10-18-5-2-3-6-19(18)11-17/h2-14H,16H2,1H3,(H,33,34)/b21-12-. The van der Waals surface area contributed by atoms with E-state index >= 15 is 0 Å². The highest BCUT2D eigenvalue weighted by molar-refractivity contribution is 9.10. The molecule has 0 aromatic heterocycles. The molecule has 0 aliphatic carbocycles. The number of halogens is 3. The molecule has 0 fully saturated rings. The van der Waals surface area contributed by atoms with Gasteiger partial charge in [-0.1, -0.05) is 81.6 Å². The molecule has 0 unspecified atom stereocenters. The van der Waals surface area contributed by atoms with Crippen LogP contribution in [-0.4, -0.2) is 13.0 Å². The first-order valence-corrected chi connectivity index (χ1v) is 12.3. The van der Waals surface area contributed by atoms with E-state index in [1.165, 1.54) is 13.2 Å². The van der Waals surface area contributed by atoms with Crippen molar-refractivity contribution < 1.29 is 14.3 Å². The molecule has 1 N–H and O–H groups in total. The third-order valence-corrected chi connectivity index (χ3v) is 6.86. The fourth-order valence-electron chi connectivity index (χ4n) is 3.52. The van der Waals surface area contributed by atoms with Gasteiger partial charge in [-0.05, 0) is 58.3 Å². The number of carbonyl (C=O) groups is 1. The molecule has 0 aliphatic heterocycles. The Kier molecular flexibility index (Phi) is 8.17. The predicted octanol–water partition coefficient (Wildman–Crippen LogP) is 8.04. The number of ether oxygens (including phenoxy) is 2. The number of nitrogens with zero attached hydrogens (tertiary/aromatic N) is 1. The van der Waals surface area contributed by atoms with Crippen LogP contribution in [0.15, 0.2) is 82.8 Å². The van der Waals surface area contributed by atoms with Crippen molar-refractivity contribution in [2.45, 2.75) is 6.61 Å². The zero-order chi connectivity index (χ0) is 25.7. The summed E-state index contributed by atoms with van der Waals surface area (Å²) in [6.07, 6.45) is 1.45. The van der Waals surface area contributed by atoms with E-state index in [4.69, 9.17) is 32.7 Å². The third-order valence-electron chi connectivity index (χ3n) is 5.36. The maximum absolute atomic E-state index is 12.7. The van der Waals surface area contributed by atoms with Crippen molar-refractivity contribution in [1.82, 2.24) is 0 Å². The number of nitrogens with one attached hydrogen (secondary N) is 1. The number of methoxy groups -OCH3 is 1. The maximum atomic E-state index is 12.7. The van der Waals surface area contributed by atoms with E-state index in [1.807, 2.05) is 24.3 Å². The minimum atomic E-state index is -0.621. The summed E-state index contributed by atoms with van der Waals surface area (Å²) in [5.41, 5.74) is 1.76. The highest BCUT2D eigenvalue weighted by Crippen LogP contribution is 2.36. The molecule has 0 bridgehead atoms. The molecule has 4 aromatic carbocycles. The Balaban J connectivity index is 1.55. The summed E-state index contributed by atoms with van der Waals surface area (Å²) in [4.78, 5) is 12.7. The third kappa shape index (κ3) is 5.83. The van der Waals surface area contributed by atoms with Gasteiger partial charge in [0.2, 0.25) is 0 Å². The summed E-state index contributed by atoms with van der Waals surface area (Å²) >= 11 is 15.7. The number of nitriles is 1. The van der Waals surface area contributed by atoms with Crippen molar-refractivity contribution >= 4 is 67.6 Å². The molecule has 4 rings (SSSR count). The molecule has 180 valence electrons. The quantitative estimate of drug-likeness (QED) is 0.177. The van der Waals surface area contributed by atoms with Gasteiger partial charge in [0, 0.05) is 4.47 Å².